The Kier molecular flexibility index (Phi) is 19.3. The largest absolute Gasteiger partial charge is 0.491 e. The fourth-order valence-electron chi connectivity index (χ4n) is 10.3. The van der Waals surface area contributed by atoms with Crippen molar-refractivity contribution >= 4 is 70.2 Å². The first kappa shape index (κ1) is 59.1. The van der Waals surface area contributed by atoms with E-state index >= 15 is 0 Å². The molecule has 0 saturated carbocycles. The number of nitrogens with one attached hydrogen (secondary N) is 4. The highest BCUT2D eigenvalue weighted by Gasteiger charge is 2.46. The van der Waals surface area contributed by atoms with Crippen LogP contribution < -0.4 is 36.6 Å². The number of aliphatic hydroxyl groups is 1. The molecule has 7 atom stereocenters. The number of aryl methyl sites for hydroxylation is 3. The van der Waals surface area contributed by atoms with Gasteiger partial charge < -0.3 is 46.5 Å². The minimum absolute atomic E-state index is 0.0301. The van der Waals surface area contributed by atoms with E-state index in [4.69, 9.17) is 26.8 Å². The lowest BCUT2D eigenvalue weighted by Crippen LogP contribution is -2.57. The Balaban J connectivity index is 0.900. The van der Waals surface area contributed by atoms with E-state index in [1.165, 1.54) is 9.80 Å². The Morgan fingerprint density at radius 1 is 0.910 bits per heavy atom. The van der Waals surface area contributed by atoms with Crippen LogP contribution in [0.2, 0.25) is 5.02 Å². The number of ether oxygens (including phenoxy) is 2. The average molecular weight is 1110 g/mol. The predicted octanol–water partition coefficient (Wildman–Crippen LogP) is 7.17. The van der Waals surface area contributed by atoms with E-state index in [0.29, 0.717) is 55.0 Å². The third kappa shape index (κ3) is 15.4. The molecule has 7 rings (SSSR count). The zero-order chi connectivity index (χ0) is 56.6. The minimum atomic E-state index is -0.951. The van der Waals surface area contributed by atoms with E-state index < -0.39 is 77.1 Å². The second-order valence-electron chi connectivity index (χ2n) is 22.8. The summed E-state index contributed by atoms with van der Waals surface area (Å²) in [5, 5.41) is 22.9. The summed E-state index contributed by atoms with van der Waals surface area (Å²) < 4.78 is 11.7. The number of thiazole rings is 1. The number of benzene rings is 3. The number of aliphatic hydroxyl groups excluding tert-OH is 1. The van der Waals surface area contributed by atoms with Crippen molar-refractivity contribution in [2.24, 2.45) is 11.1 Å². The van der Waals surface area contributed by atoms with Crippen LogP contribution in [0.25, 0.3) is 10.4 Å². The summed E-state index contributed by atoms with van der Waals surface area (Å²) in [6.45, 7) is 14.5. The number of carbonyl (C=O) groups excluding carboxylic acids is 7. The van der Waals surface area contributed by atoms with Gasteiger partial charge in [0.2, 0.25) is 35.4 Å². The van der Waals surface area contributed by atoms with Gasteiger partial charge in [-0.3, -0.25) is 33.7 Å². The topological polar surface area (TPSA) is 252 Å². The van der Waals surface area contributed by atoms with Crippen LogP contribution in [-0.2, 0) is 52.8 Å². The van der Waals surface area contributed by atoms with Gasteiger partial charge in [-0.25, -0.2) is 9.78 Å². The molecule has 3 aliphatic heterocycles. The van der Waals surface area contributed by atoms with Gasteiger partial charge in [-0.05, 0) is 125 Å². The van der Waals surface area contributed by atoms with Gasteiger partial charge in [-0.2, -0.15) is 0 Å². The van der Waals surface area contributed by atoms with Crippen LogP contribution in [0.1, 0.15) is 134 Å². The Morgan fingerprint density at radius 3 is 2.31 bits per heavy atom. The number of halogens is 1. The minimum Gasteiger partial charge on any atom is -0.491 e. The van der Waals surface area contributed by atoms with E-state index in [1.54, 1.807) is 38.2 Å². The standard InChI is InChI=1S/C58H75ClN8O10S/c1-33(36-17-19-38(20-18-36)50-34(2)61-32-78-50)62-52(71)45-29-42(68)30-66(45)55(74)51(57(3,4)5)65-48(70)16-11-9-10-13-35-25-40(59)28-43(26-35)76-31-41(22-24-47(60)69)63-53(72)46-27-39-15-12-14-37-21-23-44(54(73)67(46)49(37)39)64-56(75)77-58(6,7)8/h12,14-15,17-20,25-26,28,32-33,41-42,44-46,51,68H,9-11,13,16,21-24,27,29-31H2,1-8H3,(H2,60,69)(H,62,71)(H,63,72)(H,64,75)(H,65,70)/t33-,41-,42+,44-,45-,46-,51+/m0/s1. The van der Waals surface area contributed by atoms with E-state index in [9.17, 15) is 38.7 Å². The number of aromatic nitrogens is 1. The smallest absolute Gasteiger partial charge is 0.408 e. The molecule has 0 radical (unpaired) electrons. The average Bonchev–Trinajstić information content (AvgIpc) is 4.29. The molecule has 0 spiro atoms. The van der Waals surface area contributed by atoms with Crippen molar-refractivity contribution in [2.45, 2.75) is 174 Å². The molecule has 4 heterocycles. The molecule has 3 aliphatic rings. The number of β-amino-alcohol motifs (C(OH)–C–C–N with tert-alkyl or cyclic N) is 1. The second-order valence-corrected chi connectivity index (χ2v) is 24.1. The second kappa shape index (κ2) is 25.5. The molecular weight excluding hydrogens is 1040 g/mol. The molecule has 3 aromatic carbocycles. The molecule has 18 nitrogen and oxygen atoms in total. The van der Waals surface area contributed by atoms with Gasteiger partial charge in [0.15, 0.2) is 0 Å². The summed E-state index contributed by atoms with van der Waals surface area (Å²) in [4.78, 5) is 103. The highest BCUT2D eigenvalue weighted by Crippen LogP contribution is 2.39. The van der Waals surface area contributed by atoms with Gasteiger partial charge in [-0.15, -0.1) is 11.3 Å². The number of unbranched alkanes of at least 4 members (excludes halogenated alkanes) is 2. The number of nitrogens with two attached hydrogens (primary N) is 1. The first-order valence-electron chi connectivity index (χ1n) is 26.9. The van der Waals surface area contributed by atoms with E-state index in [-0.39, 0.29) is 63.1 Å². The molecule has 420 valence electrons. The molecule has 20 heteroatoms. The van der Waals surface area contributed by atoms with Crippen molar-refractivity contribution in [2.75, 3.05) is 18.1 Å². The van der Waals surface area contributed by atoms with Gasteiger partial charge in [-0.1, -0.05) is 81.3 Å². The maximum atomic E-state index is 14.2. The third-order valence-corrected chi connectivity index (χ3v) is 15.5. The van der Waals surface area contributed by atoms with Crippen molar-refractivity contribution in [3.63, 3.8) is 0 Å². The Bertz CT molecular complexity index is 2850. The Morgan fingerprint density at radius 2 is 1.63 bits per heavy atom. The molecule has 1 aromatic heterocycles. The van der Waals surface area contributed by atoms with Crippen LogP contribution in [0.3, 0.4) is 0 Å². The van der Waals surface area contributed by atoms with E-state index in [2.05, 4.69) is 26.3 Å². The molecule has 0 bridgehead atoms. The van der Waals surface area contributed by atoms with Gasteiger partial charge in [0.25, 0.3) is 0 Å². The highest BCUT2D eigenvalue weighted by molar-refractivity contribution is 7.13. The van der Waals surface area contributed by atoms with Gasteiger partial charge >= 0.3 is 6.09 Å². The number of para-hydroxylation sites is 1. The molecule has 0 aliphatic carbocycles. The van der Waals surface area contributed by atoms with Crippen molar-refractivity contribution in [3.05, 3.63) is 99.1 Å². The van der Waals surface area contributed by atoms with Crippen LogP contribution >= 0.6 is 22.9 Å². The third-order valence-electron chi connectivity index (χ3n) is 14.3. The molecule has 1 saturated heterocycles. The van der Waals surface area contributed by atoms with Crippen molar-refractivity contribution in [3.8, 4) is 16.2 Å². The number of rotatable bonds is 21. The molecule has 7 N–H and O–H groups in total. The number of nitrogens with zero attached hydrogens (tertiary/aromatic N) is 3. The number of alkyl carbamates (subject to hydrolysis) is 1. The lowest BCUT2D eigenvalue weighted by atomic mass is 9.85. The number of amides is 7. The molecule has 1 fully saturated rings. The van der Waals surface area contributed by atoms with Crippen LogP contribution in [0.5, 0.6) is 5.75 Å². The van der Waals surface area contributed by atoms with E-state index in [1.807, 2.05) is 94.7 Å². The van der Waals surface area contributed by atoms with Gasteiger partial charge in [0, 0.05) is 37.3 Å². The van der Waals surface area contributed by atoms with Crippen LogP contribution in [0.4, 0.5) is 10.5 Å². The zero-order valence-corrected chi connectivity index (χ0v) is 47.5. The number of primary amides is 1. The highest BCUT2D eigenvalue weighted by atomic mass is 35.5. The Labute approximate surface area is 465 Å². The normalized spacial score (nSPS) is 19.2. The lowest BCUT2D eigenvalue weighted by molar-refractivity contribution is -0.144. The molecule has 4 aromatic rings. The number of likely N-dealkylation sites (tertiary alicyclic amines) is 1. The number of hydrogen-bond acceptors (Lipinski definition) is 12. The summed E-state index contributed by atoms with van der Waals surface area (Å²) in [6, 6.07) is 14.2. The van der Waals surface area contributed by atoms with E-state index in [0.717, 1.165) is 38.4 Å². The lowest BCUT2D eigenvalue weighted by Gasteiger charge is -2.35. The van der Waals surface area contributed by atoms with Crippen LogP contribution in [0.15, 0.2) is 66.2 Å². The van der Waals surface area contributed by atoms with Crippen molar-refractivity contribution < 1.29 is 48.1 Å². The first-order chi connectivity index (χ1) is 36.8. The Hall–Kier alpha value is -6.57. The van der Waals surface area contributed by atoms with Crippen molar-refractivity contribution in [1.29, 1.82) is 0 Å². The summed E-state index contributed by atoms with van der Waals surface area (Å²) in [6.07, 6.45) is 2.35. The van der Waals surface area contributed by atoms with Gasteiger partial charge in [0.1, 0.15) is 42.1 Å². The number of anilines is 1. The number of carbonyl (C=O) groups is 7. The number of hydrogen-bond donors (Lipinski definition) is 6. The molecular formula is C58H75ClN8O10S. The monoisotopic (exact) mass is 1110 g/mol. The summed E-state index contributed by atoms with van der Waals surface area (Å²) in [7, 11) is 0. The molecule has 0 unspecified atom stereocenters. The zero-order valence-electron chi connectivity index (χ0n) is 45.9. The van der Waals surface area contributed by atoms with Crippen LogP contribution in [-0.4, -0.2) is 112 Å². The fraction of sp³-hybridized carbons (Fsp3) is 0.517. The maximum Gasteiger partial charge on any atom is 0.408 e. The first-order valence-corrected chi connectivity index (χ1v) is 28.1. The van der Waals surface area contributed by atoms with Gasteiger partial charge in [0.05, 0.1) is 40.0 Å². The quantitative estimate of drug-likeness (QED) is 0.0456. The maximum absolute atomic E-state index is 14.2. The fourth-order valence-corrected chi connectivity index (χ4v) is 11.4. The predicted molar refractivity (Wildman–Crippen MR) is 299 cm³/mol. The summed E-state index contributed by atoms with van der Waals surface area (Å²) in [5.74, 6) is -2.09. The SMILES string of the molecule is Cc1ncsc1-c1ccc([C@H](C)NC(=O)[C@@H]2C[C@@H](O)CN2C(=O)[C@@H](NC(=O)CCCCCc2cc(Cl)cc(OC[C@H](CCC(N)=O)NC(=O)[C@@H]3Cc4cccc5c4N3C(=O)[C@@H](NC(=O)OC(C)(C)C)CC5)c2)C(C)(C)C)cc1. The molecule has 7 amide bonds. The van der Waals surface area contributed by atoms with Crippen molar-refractivity contribution in [1.82, 2.24) is 31.2 Å². The molecule has 78 heavy (non-hydrogen) atoms. The summed E-state index contributed by atoms with van der Waals surface area (Å²) >= 11 is 8.14. The summed E-state index contributed by atoms with van der Waals surface area (Å²) in [5.41, 5.74) is 12.0. The van der Waals surface area contributed by atoms with Crippen LogP contribution in [0, 0.1) is 12.3 Å².